The van der Waals surface area contributed by atoms with E-state index in [1.165, 1.54) is 5.56 Å². The molecule has 0 bridgehead atoms. The van der Waals surface area contributed by atoms with Crippen LogP contribution in [-0.2, 0) is 20.1 Å². The monoisotopic (exact) mass is 359 g/mol. The van der Waals surface area contributed by atoms with Crippen LogP contribution in [0.25, 0.3) is 0 Å². The molecular formula is C19H33N7. The van der Waals surface area contributed by atoms with E-state index < -0.39 is 0 Å². The van der Waals surface area contributed by atoms with Gasteiger partial charge in [0.05, 0.1) is 5.69 Å². The fraction of sp³-hybridized carbons (Fsp3) is 0.632. The molecule has 2 heterocycles. The topological polar surface area (TPSA) is 63.3 Å². The zero-order chi connectivity index (χ0) is 19.1. The summed E-state index contributed by atoms with van der Waals surface area (Å²) < 4.78 is 3.86. The Bertz CT molecular complexity index is 685. The van der Waals surface area contributed by atoms with E-state index in [0.29, 0.717) is 11.8 Å². The first-order valence-corrected chi connectivity index (χ1v) is 9.40. The van der Waals surface area contributed by atoms with Gasteiger partial charge in [0.25, 0.3) is 0 Å². The predicted molar refractivity (Wildman–Crippen MR) is 106 cm³/mol. The lowest BCUT2D eigenvalue weighted by Gasteiger charge is -2.23. The number of nitrogens with one attached hydrogen (secondary N) is 1. The fourth-order valence-electron chi connectivity index (χ4n) is 2.99. The van der Waals surface area contributed by atoms with E-state index in [-0.39, 0.29) is 0 Å². The Morgan fingerprint density at radius 1 is 1.35 bits per heavy atom. The van der Waals surface area contributed by atoms with Crippen molar-refractivity contribution in [2.24, 2.45) is 18.0 Å². The van der Waals surface area contributed by atoms with Crippen molar-refractivity contribution in [3.8, 4) is 0 Å². The smallest absolute Gasteiger partial charge is 0.193 e. The molecule has 0 fully saturated rings. The van der Waals surface area contributed by atoms with Gasteiger partial charge in [-0.15, -0.1) is 0 Å². The van der Waals surface area contributed by atoms with Crippen molar-refractivity contribution < 1.29 is 0 Å². The number of aromatic nitrogens is 4. The number of nitrogens with zero attached hydrogens (tertiary/aromatic N) is 6. The molecule has 0 saturated heterocycles. The van der Waals surface area contributed by atoms with E-state index in [2.05, 4.69) is 61.4 Å². The van der Waals surface area contributed by atoms with Gasteiger partial charge in [0.1, 0.15) is 0 Å². The van der Waals surface area contributed by atoms with Crippen LogP contribution >= 0.6 is 0 Å². The third-order valence-electron chi connectivity index (χ3n) is 4.20. The van der Waals surface area contributed by atoms with Gasteiger partial charge in [0, 0.05) is 64.4 Å². The Hall–Kier alpha value is -2.31. The Labute approximate surface area is 157 Å². The molecule has 26 heavy (non-hydrogen) atoms. The van der Waals surface area contributed by atoms with Gasteiger partial charge in [-0.25, -0.2) is 0 Å². The van der Waals surface area contributed by atoms with Gasteiger partial charge < -0.3 is 10.2 Å². The molecule has 144 valence electrons. The van der Waals surface area contributed by atoms with Crippen molar-refractivity contribution in [3.05, 3.63) is 35.9 Å². The molecule has 0 radical (unpaired) electrons. The van der Waals surface area contributed by atoms with Gasteiger partial charge in [-0.2, -0.15) is 10.2 Å². The second-order valence-electron chi connectivity index (χ2n) is 7.25. The van der Waals surface area contributed by atoms with Gasteiger partial charge in [0.15, 0.2) is 5.96 Å². The highest BCUT2D eigenvalue weighted by atomic mass is 15.3. The molecule has 0 saturated carbocycles. The minimum Gasteiger partial charge on any atom is -0.357 e. The third kappa shape index (κ3) is 5.61. The minimum atomic E-state index is 0.410. The lowest BCUT2D eigenvalue weighted by Crippen LogP contribution is -2.39. The minimum absolute atomic E-state index is 0.410. The molecule has 1 unspecified atom stereocenters. The lowest BCUT2D eigenvalue weighted by molar-refractivity contribution is 0.443. The predicted octanol–water partition coefficient (Wildman–Crippen LogP) is 2.47. The maximum Gasteiger partial charge on any atom is 0.193 e. The first kappa shape index (κ1) is 20.0. The van der Waals surface area contributed by atoms with Crippen LogP contribution in [0.1, 0.15) is 44.9 Å². The van der Waals surface area contributed by atoms with Crippen LogP contribution < -0.4 is 5.32 Å². The molecule has 2 aromatic heterocycles. The Morgan fingerprint density at radius 3 is 2.73 bits per heavy atom. The van der Waals surface area contributed by atoms with Crippen LogP contribution in [0.4, 0.5) is 0 Å². The van der Waals surface area contributed by atoms with Crippen molar-refractivity contribution in [1.82, 2.24) is 29.8 Å². The Kier molecular flexibility index (Phi) is 7.24. The summed E-state index contributed by atoms with van der Waals surface area (Å²) in [5, 5.41) is 12.3. The van der Waals surface area contributed by atoms with E-state index >= 15 is 0 Å². The number of hydrogen-bond donors (Lipinski definition) is 1. The summed E-state index contributed by atoms with van der Waals surface area (Å²) in [5.41, 5.74) is 2.41. The molecule has 1 atom stereocenters. The fourth-order valence-corrected chi connectivity index (χ4v) is 2.99. The summed E-state index contributed by atoms with van der Waals surface area (Å²) in [6.45, 7) is 11.9. The third-order valence-corrected chi connectivity index (χ3v) is 4.20. The molecular weight excluding hydrogens is 326 g/mol. The molecule has 0 spiro atoms. The van der Waals surface area contributed by atoms with Gasteiger partial charge in [-0.1, -0.05) is 20.8 Å². The average molecular weight is 360 g/mol. The highest BCUT2D eigenvalue weighted by molar-refractivity contribution is 5.79. The summed E-state index contributed by atoms with van der Waals surface area (Å²) >= 11 is 0. The molecule has 2 rings (SSSR count). The number of hydrogen-bond acceptors (Lipinski definition) is 3. The maximum absolute atomic E-state index is 4.83. The van der Waals surface area contributed by atoms with Crippen molar-refractivity contribution >= 4 is 5.96 Å². The molecule has 0 amide bonds. The number of aliphatic imine (C=N–C) groups is 1. The van der Waals surface area contributed by atoms with Crippen LogP contribution in [0.2, 0.25) is 0 Å². The van der Waals surface area contributed by atoms with Crippen molar-refractivity contribution in [2.75, 3.05) is 20.1 Å². The Balaban J connectivity index is 2.03. The number of aryl methyl sites for hydroxylation is 1. The van der Waals surface area contributed by atoms with E-state index in [4.69, 9.17) is 4.99 Å². The summed E-state index contributed by atoms with van der Waals surface area (Å²) in [4.78, 5) is 7.01. The molecule has 1 N–H and O–H groups in total. The quantitative estimate of drug-likeness (QED) is 0.581. The SMILES string of the molecule is CCNC(=NCC(C)Cn1cccn1)N(C)Cc1cn(C)nc1C(C)C. The molecule has 0 aliphatic rings. The lowest BCUT2D eigenvalue weighted by atomic mass is 10.1. The van der Waals surface area contributed by atoms with Gasteiger partial charge in [-0.3, -0.25) is 14.4 Å². The van der Waals surface area contributed by atoms with Gasteiger partial charge in [-0.05, 0) is 24.8 Å². The summed E-state index contributed by atoms with van der Waals surface area (Å²) in [7, 11) is 4.06. The molecule has 0 aliphatic carbocycles. The zero-order valence-corrected chi connectivity index (χ0v) is 17.0. The second kappa shape index (κ2) is 9.40. The molecule has 0 aromatic carbocycles. The van der Waals surface area contributed by atoms with Crippen LogP contribution in [0.3, 0.4) is 0 Å². The second-order valence-corrected chi connectivity index (χ2v) is 7.25. The van der Waals surface area contributed by atoms with Crippen LogP contribution in [0.15, 0.2) is 29.6 Å². The molecule has 2 aromatic rings. The van der Waals surface area contributed by atoms with Crippen molar-refractivity contribution in [2.45, 2.75) is 46.7 Å². The standard InChI is InChI=1S/C19H33N7/c1-7-20-19(21-11-16(4)12-26-10-8-9-22-26)24(5)13-17-14-25(6)23-18(17)15(2)3/h8-10,14-16H,7,11-13H2,1-6H3,(H,20,21). The normalized spacial score (nSPS) is 13.3. The maximum atomic E-state index is 4.83. The van der Waals surface area contributed by atoms with Gasteiger partial charge in [0.2, 0.25) is 0 Å². The largest absolute Gasteiger partial charge is 0.357 e. The summed E-state index contributed by atoms with van der Waals surface area (Å²) in [6.07, 6.45) is 5.91. The van der Waals surface area contributed by atoms with E-state index in [1.54, 1.807) is 0 Å². The first-order chi connectivity index (χ1) is 12.4. The van der Waals surface area contributed by atoms with Crippen molar-refractivity contribution in [3.63, 3.8) is 0 Å². The highest BCUT2D eigenvalue weighted by Crippen LogP contribution is 2.18. The Morgan fingerprint density at radius 2 is 2.12 bits per heavy atom. The zero-order valence-electron chi connectivity index (χ0n) is 17.0. The van der Waals surface area contributed by atoms with Crippen LogP contribution in [-0.4, -0.2) is 50.6 Å². The van der Waals surface area contributed by atoms with E-state index in [9.17, 15) is 0 Å². The summed E-state index contributed by atoms with van der Waals surface area (Å²) in [5.74, 6) is 1.76. The van der Waals surface area contributed by atoms with Crippen LogP contribution in [0, 0.1) is 5.92 Å². The number of rotatable bonds is 8. The number of guanidine groups is 1. The van der Waals surface area contributed by atoms with E-state index in [1.807, 2.05) is 34.9 Å². The van der Waals surface area contributed by atoms with Crippen molar-refractivity contribution in [1.29, 1.82) is 0 Å². The molecule has 7 nitrogen and oxygen atoms in total. The summed E-state index contributed by atoms with van der Waals surface area (Å²) in [6, 6.07) is 1.95. The first-order valence-electron chi connectivity index (χ1n) is 9.40. The van der Waals surface area contributed by atoms with Gasteiger partial charge >= 0.3 is 0 Å². The van der Waals surface area contributed by atoms with E-state index in [0.717, 1.165) is 37.8 Å². The highest BCUT2D eigenvalue weighted by Gasteiger charge is 2.15. The molecule has 7 heteroatoms. The molecule has 0 aliphatic heterocycles. The van der Waals surface area contributed by atoms with Crippen LogP contribution in [0.5, 0.6) is 0 Å². The average Bonchev–Trinajstić information content (AvgIpc) is 3.20.